The molecule has 1 fully saturated rings. The lowest BCUT2D eigenvalue weighted by atomic mass is 10.1. The fourth-order valence-corrected chi connectivity index (χ4v) is 4.12. The first-order valence-electron chi connectivity index (χ1n) is 9.48. The molecule has 1 N–H and O–H groups in total. The number of H-pyrrole nitrogens is 1. The normalized spacial score (nSPS) is 15.7. The zero-order valence-corrected chi connectivity index (χ0v) is 15.2. The van der Waals surface area contributed by atoms with Crippen LogP contribution in [0.2, 0.25) is 0 Å². The predicted molar refractivity (Wildman–Crippen MR) is 110 cm³/mol. The number of aromatic nitrogens is 1. The summed E-state index contributed by atoms with van der Waals surface area (Å²) in [7, 11) is 0. The summed E-state index contributed by atoms with van der Waals surface area (Å²) in [5.41, 5.74) is 3.48. The maximum Gasteiger partial charge on any atom is 0.123 e. The minimum Gasteiger partial charge on any atom is -0.368 e. The van der Waals surface area contributed by atoms with Crippen LogP contribution in [0.4, 0.5) is 10.1 Å². The van der Waals surface area contributed by atoms with Crippen LogP contribution in [0.5, 0.6) is 0 Å². The van der Waals surface area contributed by atoms with Gasteiger partial charge in [-0.05, 0) is 35.7 Å². The Morgan fingerprint density at radius 2 is 1.63 bits per heavy atom. The van der Waals surface area contributed by atoms with Gasteiger partial charge in [-0.15, -0.1) is 0 Å². The van der Waals surface area contributed by atoms with Gasteiger partial charge >= 0.3 is 0 Å². The van der Waals surface area contributed by atoms with Crippen molar-refractivity contribution in [1.29, 1.82) is 0 Å². The van der Waals surface area contributed by atoms with E-state index in [-0.39, 0.29) is 5.82 Å². The van der Waals surface area contributed by atoms with Crippen molar-refractivity contribution in [3.63, 3.8) is 0 Å². The fourth-order valence-electron chi connectivity index (χ4n) is 4.12. The standard InChI is InChI=1S/C23H22FN3/c24-19-8-9-22-18(14-19)15-20(25-22)16-26-10-12-27(13-11-26)23-7-3-5-17-4-1-2-6-21(17)23/h1-9,14-15,25H,10-13,16H2. The maximum absolute atomic E-state index is 13.4. The Bertz CT molecular complexity index is 1090. The average molecular weight is 359 g/mol. The van der Waals surface area contributed by atoms with Crippen LogP contribution < -0.4 is 4.90 Å². The Hall–Kier alpha value is -2.85. The van der Waals surface area contributed by atoms with Gasteiger partial charge in [0.05, 0.1) is 0 Å². The summed E-state index contributed by atoms with van der Waals surface area (Å²) >= 11 is 0. The van der Waals surface area contributed by atoms with Crippen LogP contribution >= 0.6 is 0 Å². The molecule has 1 aliphatic heterocycles. The molecule has 0 aliphatic carbocycles. The van der Waals surface area contributed by atoms with Gasteiger partial charge in [-0.1, -0.05) is 36.4 Å². The first-order valence-corrected chi connectivity index (χ1v) is 9.48. The Kier molecular flexibility index (Phi) is 4.06. The minimum absolute atomic E-state index is 0.184. The van der Waals surface area contributed by atoms with Crippen LogP contribution in [-0.4, -0.2) is 36.1 Å². The van der Waals surface area contributed by atoms with Crippen molar-refractivity contribution < 1.29 is 4.39 Å². The summed E-state index contributed by atoms with van der Waals surface area (Å²) in [6.07, 6.45) is 0. The molecule has 4 aromatic rings. The van der Waals surface area contributed by atoms with E-state index >= 15 is 0 Å². The Morgan fingerprint density at radius 3 is 2.52 bits per heavy atom. The van der Waals surface area contributed by atoms with Crippen molar-refractivity contribution in [3.8, 4) is 0 Å². The van der Waals surface area contributed by atoms with Crippen LogP contribution in [0.3, 0.4) is 0 Å². The molecule has 0 radical (unpaired) electrons. The topological polar surface area (TPSA) is 22.3 Å². The second kappa shape index (κ2) is 6.71. The van der Waals surface area contributed by atoms with Crippen LogP contribution in [0.25, 0.3) is 21.7 Å². The van der Waals surface area contributed by atoms with Crippen LogP contribution in [0.15, 0.2) is 66.7 Å². The van der Waals surface area contributed by atoms with Crippen molar-refractivity contribution in [1.82, 2.24) is 9.88 Å². The van der Waals surface area contributed by atoms with Gasteiger partial charge in [0.2, 0.25) is 0 Å². The molecule has 3 aromatic carbocycles. The summed E-state index contributed by atoms with van der Waals surface area (Å²) in [4.78, 5) is 8.36. The molecule has 0 unspecified atom stereocenters. The van der Waals surface area contributed by atoms with Crippen molar-refractivity contribution >= 4 is 27.4 Å². The van der Waals surface area contributed by atoms with Crippen LogP contribution in [-0.2, 0) is 6.54 Å². The van der Waals surface area contributed by atoms with Gasteiger partial charge in [0.25, 0.3) is 0 Å². The van der Waals surface area contributed by atoms with E-state index in [4.69, 9.17) is 0 Å². The number of nitrogens with one attached hydrogen (secondary N) is 1. The lowest BCUT2D eigenvalue weighted by Gasteiger charge is -2.36. The number of nitrogens with zero attached hydrogens (tertiary/aromatic N) is 2. The number of hydrogen-bond acceptors (Lipinski definition) is 2. The van der Waals surface area contributed by atoms with Gasteiger partial charge < -0.3 is 9.88 Å². The highest BCUT2D eigenvalue weighted by molar-refractivity contribution is 5.94. The highest BCUT2D eigenvalue weighted by Crippen LogP contribution is 2.27. The summed E-state index contributed by atoms with van der Waals surface area (Å²) in [5, 5.41) is 3.56. The van der Waals surface area contributed by atoms with Gasteiger partial charge in [0.1, 0.15) is 5.82 Å². The van der Waals surface area contributed by atoms with Crippen molar-refractivity contribution in [2.45, 2.75) is 6.54 Å². The largest absolute Gasteiger partial charge is 0.368 e. The van der Waals surface area contributed by atoms with E-state index in [1.165, 1.54) is 22.5 Å². The first kappa shape index (κ1) is 16.3. The molecule has 2 heterocycles. The SMILES string of the molecule is Fc1ccc2[nH]c(CN3CCN(c4cccc5ccccc45)CC3)cc2c1. The van der Waals surface area contributed by atoms with Crippen molar-refractivity contribution in [2.75, 3.05) is 31.1 Å². The number of piperazine rings is 1. The Labute approximate surface area is 158 Å². The van der Waals surface area contributed by atoms with Gasteiger partial charge in [-0.25, -0.2) is 4.39 Å². The minimum atomic E-state index is -0.184. The molecule has 27 heavy (non-hydrogen) atoms. The summed E-state index contributed by atoms with van der Waals surface area (Å²) in [6.45, 7) is 4.95. The van der Waals surface area contributed by atoms with Crippen LogP contribution in [0.1, 0.15) is 5.69 Å². The number of benzene rings is 3. The highest BCUT2D eigenvalue weighted by atomic mass is 19.1. The highest BCUT2D eigenvalue weighted by Gasteiger charge is 2.19. The van der Waals surface area contributed by atoms with E-state index in [9.17, 15) is 4.39 Å². The summed E-state index contributed by atoms with van der Waals surface area (Å²) in [5.74, 6) is -0.184. The molecular formula is C23H22FN3. The van der Waals surface area contributed by atoms with Gasteiger partial charge in [0, 0.05) is 60.4 Å². The van der Waals surface area contributed by atoms with Gasteiger partial charge in [-0.2, -0.15) is 0 Å². The smallest absolute Gasteiger partial charge is 0.123 e. The molecule has 0 saturated carbocycles. The molecule has 3 nitrogen and oxygen atoms in total. The maximum atomic E-state index is 13.4. The van der Waals surface area contributed by atoms with E-state index in [1.54, 1.807) is 6.07 Å². The predicted octanol–water partition coefficient (Wildman–Crippen LogP) is 4.78. The lowest BCUT2D eigenvalue weighted by molar-refractivity contribution is 0.248. The van der Waals surface area contributed by atoms with E-state index < -0.39 is 0 Å². The van der Waals surface area contributed by atoms with Gasteiger partial charge in [-0.3, -0.25) is 4.90 Å². The lowest BCUT2D eigenvalue weighted by Crippen LogP contribution is -2.46. The monoisotopic (exact) mass is 359 g/mol. The summed E-state index contributed by atoms with van der Waals surface area (Å²) in [6, 6.07) is 22.1. The van der Waals surface area contributed by atoms with Crippen molar-refractivity contribution in [2.24, 2.45) is 0 Å². The third kappa shape index (κ3) is 3.17. The molecule has 1 aromatic heterocycles. The molecule has 5 rings (SSSR count). The second-order valence-corrected chi connectivity index (χ2v) is 7.29. The molecule has 4 heteroatoms. The number of rotatable bonds is 3. The molecule has 1 saturated heterocycles. The zero-order valence-electron chi connectivity index (χ0n) is 15.2. The second-order valence-electron chi connectivity index (χ2n) is 7.29. The fraction of sp³-hybridized carbons (Fsp3) is 0.217. The number of halogens is 1. The van der Waals surface area contributed by atoms with E-state index in [2.05, 4.69) is 63.3 Å². The number of fused-ring (bicyclic) bond motifs is 2. The van der Waals surface area contributed by atoms with Crippen molar-refractivity contribution in [3.05, 3.63) is 78.2 Å². The third-order valence-corrected chi connectivity index (χ3v) is 5.51. The average Bonchev–Trinajstić information content (AvgIpc) is 3.09. The molecule has 0 spiro atoms. The first-order chi connectivity index (χ1) is 13.3. The molecule has 0 amide bonds. The quantitative estimate of drug-likeness (QED) is 0.569. The number of anilines is 1. The van der Waals surface area contributed by atoms with E-state index in [0.717, 1.165) is 49.3 Å². The molecule has 0 atom stereocenters. The van der Waals surface area contributed by atoms with Crippen LogP contribution in [0, 0.1) is 5.82 Å². The Morgan fingerprint density at radius 1 is 0.815 bits per heavy atom. The van der Waals surface area contributed by atoms with E-state index in [1.807, 2.05) is 6.07 Å². The number of hydrogen-bond donors (Lipinski definition) is 1. The zero-order chi connectivity index (χ0) is 18.2. The Balaban J connectivity index is 1.29. The molecular weight excluding hydrogens is 337 g/mol. The van der Waals surface area contributed by atoms with E-state index in [0.29, 0.717) is 0 Å². The summed E-state index contributed by atoms with van der Waals surface area (Å²) < 4.78 is 13.4. The molecule has 136 valence electrons. The molecule has 0 bridgehead atoms. The molecule has 1 aliphatic rings. The third-order valence-electron chi connectivity index (χ3n) is 5.51. The number of aromatic amines is 1. The van der Waals surface area contributed by atoms with Gasteiger partial charge in [0.15, 0.2) is 0 Å².